The first-order valence-corrected chi connectivity index (χ1v) is 16.6. The van der Waals surface area contributed by atoms with Crippen LogP contribution in [-0.4, -0.2) is 67.7 Å². The quantitative estimate of drug-likeness (QED) is 0.326. The molecule has 4 aromatic rings. The summed E-state index contributed by atoms with van der Waals surface area (Å²) < 4.78 is 9.33. The molecule has 1 saturated heterocycles. The third-order valence-corrected chi connectivity index (χ3v) is 9.73. The molecule has 3 aliphatic rings. The fraction of sp³-hybridized carbons (Fsp3) is 0.417. The van der Waals surface area contributed by atoms with Crippen molar-refractivity contribution in [3.05, 3.63) is 87.4 Å². The zero-order chi connectivity index (χ0) is 32.8. The van der Waals surface area contributed by atoms with Gasteiger partial charge in [-0.15, -0.1) is 0 Å². The van der Waals surface area contributed by atoms with Crippen molar-refractivity contribution in [1.82, 2.24) is 24.0 Å². The minimum atomic E-state index is -0.213. The van der Waals surface area contributed by atoms with E-state index in [-0.39, 0.29) is 29.5 Å². The van der Waals surface area contributed by atoms with Gasteiger partial charge in [-0.2, -0.15) is 0 Å². The molecule has 244 valence electrons. The van der Waals surface area contributed by atoms with Crippen molar-refractivity contribution in [2.45, 2.75) is 71.5 Å². The van der Waals surface area contributed by atoms with Crippen LogP contribution in [0.5, 0.6) is 0 Å². The number of amides is 2. The molecule has 4 aromatic heterocycles. The van der Waals surface area contributed by atoms with Gasteiger partial charge in [-0.1, -0.05) is 6.92 Å². The van der Waals surface area contributed by atoms with Crippen molar-refractivity contribution in [1.29, 1.82) is 0 Å². The number of rotatable bonds is 6. The van der Waals surface area contributed by atoms with Crippen molar-refractivity contribution in [3.63, 3.8) is 0 Å². The minimum absolute atomic E-state index is 0.0154. The van der Waals surface area contributed by atoms with Crippen molar-refractivity contribution >= 4 is 29.1 Å². The standard InChI is InChI=1S/C36H41N7O4/c1-5-27-28(12-13-37-33(27)42-15-14-41-30-9-7-6-8-24(30)17-31(41)36(42)46)26-16-29(35(45)40(4)19-26)39-32-11-10-25(18-38-32)34(44)43-22(2)20-47-21-23(43)3/h10-13,16-19,22-23H,5-9,14-15,20-21H2,1-4H3,(H,38,39)/t22-,23+. The summed E-state index contributed by atoms with van der Waals surface area (Å²) in [6, 6.07) is 9.23. The van der Waals surface area contributed by atoms with E-state index in [0.29, 0.717) is 49.1 Å². The second kappa shape index (κ2) is 12.4. The molecule has 47 heavy (non-hydrogen) atoms. The highest BCUT2D eigenvalue weighted by Gasteiger charge is 2.33. The Morgan fingerprint density at radius 1 is 1.02 bits per heavy atom. The van der Waals surface area contributed by atoms with Crippen LogP contribution in [0.3, 0.4) is 0 Å². The van der Waals surface area contributed by atoms with Crippen molar-refractivity contribution in [2.75, 3.05) is 30.0 Å². The molecule has 0 bridgehead atoms. The smallest absolute Gasteiger partial charge is 0.276 e. The lowest BCUT2D eigenvalue weighted by Crippen LogP contribution is -2.52. The van der Waals surface area contributed by atoms with E-state index in [4.69, 9.17) is 9.72 Å². The summed E-state index contributed by atoms with van der Waals surface area (Å²) in [7, 11) is 1.72. The summed E-state index contributed by atoms with van der Waals surface area (Å²) in [6.45, 7) is 8.34. The topological polar surface area (TPSA) is 115 Å². The first-order chi connectivity index (χ1) is 22.7. The number of aromatic nitrogens is 4. The first-order valence-electron chi connectivity index (χ1n) is 16.6. The van der Waals surface area contributed by atoms with Gasteiger partial charge in [0.2, 0.25) is 0 Å². The molecule has 0 radical (unpaired) electrons. The van der Waals surface area contributed by atoms with E-state index >= 15 is 0 Å². The Morgan fingerprint density at radius 3 is 2.55 bits per heavy atom. The molecule has 7 rings (SSSR count). The van der Waals surface area contributed by atoms with Gasteiger partial charge in [0.1, 0.15) is 23.0 Å². The van der Waals surface area contributed by atoms with E-state index in [1.54, 1.807) is 36.1 Å². The number of fused-ring (bicyclic) bond motifs is 3. The predicted molar refractivity (Wildman–Crippen MR) is 180 cm³/mol. The summed E-state index contributed by atoms with van der Waals surface area (Å²) >= 11 is 0. The molecule has 1 aliphatic carbocycles. The molecule has 2 atom stereocenters. The summed E-state index contributed by atoms with van der Waals surface area (Å²) in [5, 5.41) is 3.17. The van der Waals surface area contributed by atoms with E-state index in [1.165, 1.54) is 24.1 Å². The monoisotopic (exact) mass is 635 g/mol. The summed E-state index contributed by atoms with van der Waals surface area (Å²) in [6.07, 6.45) is 10.1. The molecule has 6 heterocycles. The number of carbonyl (C=O) groups is 2. The number of nitrogens with one attached hydrogen (secondary N) is 1. The highest BCUT2D eigenvalue weighted by molar-refractivity contribution is 6.06. The molecule has 11 nitrogen and oxygen atoms in total. The second-order valence-electron chi connectivity index (χ2n) is 12.9. The van der Waals surface area contributed by atoms with Gasteiger partial charge in [-0.25, -0.2) is 9.97 Å². The molecule has 0 spiro atoms. The summed E-state index contributed by atoms with van der Waals surface area (Å²) in [5.74, 6) is 1.01. The predicted octanol–water partition coefficient (Wildman–Crippen LogP) is 4.74. The van der Waals surface area contributed by atoms with Gasteiger partial charge >= 0.3 is 0 Å². The highest BCUT2D eigenvalue weighted by Crippen LogP contribution is 2.35. The van der Waals surface area contributed by atoms with Crippen LogP contribution in [0.1, 0.15) is 71.3 Å². The maximum absolute atomic E-state index is 13.9. The van der Waals surface area contributed by atoms with E-state index in [2.05, 4.69) is 27.9 Å². The molecule has 0 aromatic carbocycles. The number of anilines is 3. The Hall–Kier alpha value is -4.77. The molecular formula is C36H41N7O4. The lowest BCUT2D eigenvalue weighted by Gasteiger charge is -2.38. The fourth-order valence-electron chi connectivity index (χ4n) is 7.41. The number of aryl methyl sites for hydroxylation is 2. The van der Waals surface area contributed by atoms with Gasteiger partial charge in [0.25, 0.3) is 17.4 Å². The van der Waals surface area contributed by atoms with Crippen LogP contribution >= 0.6 is 0 Å². The number of carbonyl (C=O) groups excluding carboxylic acids is 2. The number of ether oxygens (including phenoxy) is 1. The molecule has 11 heteroatoms. The Balaban J connectivity index is 1.17. The highest BCUT2D eigenvalue weighted by atomic mass is 16.5. The van der Waals surface area contributed by atoms with Crippen molar-refractivity contribution < 1.29 is 14.3 Å². The number of pyridine rings is 3. The average Bonchev–Trinajstić information content (AvgIpc) is 3.46. The second-order valence-corrected chi connectivity index (χ2v) is 12.9. The first kappa shape index (κ1) is 30.9. The maximum Gasteiger partial charge on any atom is 0.276 e. The van der Waals surface area contributed by atoms with Crippen LogP contribution in [0, 0.1) is 0 Å². The number of nitrogens with zero attached hydrogens (tertiary/aromatic N) is 6. The van der Waals surface area contributed by atoms with Gasteiger partial charge in [0.05, 0.1) is 30.9 Å². The molecule has 1 fully saturated rings. The lowest BCUT2D eigenvalue weighted by atomic mass is 9.98. The molecule has 0 saturated carbocycles. The summed E-state index contributed by atoms with van der Waals surface area (Å²) in [5.41, 5.74) is 6.67. The molecule has 2 aliphatic heterocycles. The van der Waals surface area contributed by atoms with Crippen LogP contribution < -0.4 is 15.8 Å². The van der Waals surface area contributed by atoms with E-state index < -0.39 is 0 Å². The Morgan fingerprint density at radius 2 is 1.81 bits per heavy atom. The maximum atomic E-state index is 13.9. The molecule has 1 N–H and O–H groups in total. The lowest BCUT2D eigenvalue weighted by molar-refractivity contribution is -0.0249. The molecule has 0 unspecified atom stereocenters. The van der Waals surface area contributed by atoms with Crippen molar-refractivity contribution in [3.8, 4) is 11.1 Å². The van der Waals surface area contributed by atoms with Crippen LogP contribution in [-0.2, 0) is 37.6 Å². The van der Waals surface area contributed by atoms with Crippen LogP contribution in [0.15, 0.2) is 53.7 Å². The van der Waals surface area contributed by atoms with Crippen LogP contribution in [0.4, 0.5) is 17.3 Å². The third kappa shape index (κ3) is 5.52. The van der Waals surface area contributed by atoms with Crippen molar-refractivity contribution in [2.24, 2.45) is 7.05 Å². The van der Waals surface area contributed by atoms with Crippen LogP contribution in [0.25, 0.3) is 11.1 Å². The average molecular weight is 636 g/mol. The van der Waals surface area contributed by atoms with Gasteiger partial charge in [-0.05, 0) is 87.4 Å². The zero-order valence-corrected chi connectivity index (χ0v) is 27.5. The van der Waals surface area contributed by atoms with E-state index in [9.17, 15) is 14.4 Å². The summed E-state index contributed by atoms with van der Waals surface area (Å²) in [4.78, 5) is 53.2. The Bertz CT molecular complexity index is 1900. The van der Waals surface area contributed by atoms with Gasteiger partial charge in [0, 0.05) is 55.5 Å². The number of morpholine rings is 1. The van der Waals surface area contributed by atoms with Gasteiger partial charge in [-0.3, -0.25) is 19.3 Å². The zero-order valence-electron chi connectivity index (χ0n) is 27.5. The largest absolute Gasteiger partial charge is 0.377 e. The van der Waals surface area contributed by atoms with Gasteiger partial charge in [0.15, 0.2) is 0 Å². The molecular weight excluding hydrogens is 594 g/mol. The van der Waals surface area contributed by atoms with Gasteiger partial charge < -0.3 is 24.1 Å². The Labute approximate surface area is 274 Å². The Kier molecular flexibility index (Phi) is 8.17. The van der Waals surface area contributed by atoms with E-state index in [0.717, 1.165) is 41.8 Å². The molecule has 2 amide bonds. The number of hydrogen-bond acceptors (Lipinski definition) is 7. The fourth-order valence-corrected chi connectivity index (χ4v) is 7.41. The van der Waals surface area contributed by atoms with Crippen LogP contribution in [0.2, 0.25) is 0 Å². The number of hydrogen-bond donors (Lipinski definition) is 1. The normalized spacial score (nSPS) is 19.4. The SMILES string of the molecule is CCc1c(-c2cc(Nc3ccc(C(=O)N4[C@H](C)COC[C@@H]4C)cn3)c(=O)n(C)c2)ccnc1N1CCn2c(cc3c2CCCC3)C1=O. The third-order valence-electron chi connectivity index (χ3n) is 9.73. The minimum Gasteiger partial charge on any atom is -0.377 e. The van der Waals surface area contributed by atoms with E-state index in [1.807, 2.05) is 42.0 Å².